The first-order valence-corrected chi connectivity index (χ1v) is 10.6. The molecule has 2 amide bonds. The number of carbonyl (C=O) groups is 2. The standard InChI is InChI=1S/C23H15BrN4O4/c24-15-8-12-16(13-9-15)26-22(29)19-20(14-6-10-18(11-7-14)28(31)32)25-27(21(19)23(26)30)17-4-2-1-3-5-17/h1-13,19,21H/t19-,21-/m1/s1. The van der Waals surface area contributed by atoms with Crippen molar-refractivity contribution in [3.8, 4) is 0 Å². The van der Waals surface area contributed by atoms with Crippen molar-refractivity contribution in [3.05, 3.63) is 99.0 Å². The number of hydrazone groups is 1. The van der Waals surface area contributed by atoms with Crippen molar-refractivity contribution in [1.29, 1.82) is 0 Å². The minimum absolute atomic E-state index is 0.0610. The molecule has 1 saturated heterocycles. The van der Waals surface area contributed by atoms with E-state index in [1.54, 1.807) is 41.4 Å². The van der Waals surface area contributed by atoms with Crippen LogP contribution in [0, 0.1) is 16.0 Å². The average molecular weight is 491 g/mol. The average Bonchev–Trinajstić information content (AvgIpc) is 3.32. The second-order valence-electron chi connectivity index (χ2n) is 7.38. The summed E-state index contributed by atoms with van der Waals surface area (Å²) in [5, 5.41) is 17.2. The van der Waals surface area contributed by atoms with Crippen LogP contribution in [-0.4, -0.2) is 28.5 Å². The highest BCUT2D eigenvalue weighted by Gasteiger charge is 2.57. The molecule has 2 atom stereocenters. The summed E-state index contributed by atoms with van der Waals surface area (Å²) in [4.78, 5) is 38.7. The Kier molecular flexibility index (Phi) is 4.82. The Balaban J connectivity index is 1.61. The van der Waals surface area contributed by atoms with E-state index in [1.807, 2.05) is 30.3 Å². The van der Waals surface area contributed by atoms with Crippen molar-refractivity contribution in [2.75, 3.05) is 9.91 Å². The summed E-state index contributed by atoms with van der Waals surface area (Å²) < 4.78 is 0.833. The molecule has 3 aromatic carbocycles. The Hall–Kier alpha value is -3.85. The summed E-state index contributed by atoms with van der Waals surface area (Å²) in [6.07, 6.45) is 0. The van der Waals surface area contributed by atoms with Crippen molar-refractivity contribution >= 4 is 50.5 Å². The lowest BCUT2D eigenvalue weighted by atomic mass is 9.92. The molecule has 0 N–H and O–H groups in total. The molecule has 8 nitrogen and oxygen atoms in total. The number of nitrogens with zero attached hydrogens (tertiary/aromatic N) is 4. The lowest BCUT2D eigenvalue weighted by Gasteiger charge is -2.22. The van der Waals surface area contributed by atoms with Crippen LogP contribution in [0.1, 0.15) is 5.56 Å². The number of hydrogen-bond donors (Lipinski definition) is 0. The SMILES string of the molecule is O=C1[C@@H]2C(c3ccc([N+](=O)[O-])cc3)=NN(c3ccccc3)[C@H]2C(=O)N1c1ccc(Br)cc1. The number of rotatable bonds is 4. The monoisotopic (exact) mass is 490 g/mol. The van der Waals surface area contributed by atoms with Gasteiger partial charge in [-0.1, -0.05) is 34.1 Å². The highest BCUT2D eigenvalue weighted by molar-refractivity contribution is 9.10. The Morgan fingerprint density at radius 2 is 1.50 bits per heavy atom. The van der Waals surface area contributed by atoms with Gasteiger partial charge in [0.15, 0.2) is 0 Å². The Bertz CT molecular complexity index is 1260. The number of hydrogen-bond acceptors (Lipinski definition) is 6. The molecule has 0 unspecified atom stereocenters. The van der Waals surface area contributed by atoms with Gasteiger partial charge in [-0.15, -0.1) is 0 Å². The van der Waals surface area contributed by atoms with Gasteiger partial charge in [0.2, 0.25) is 5.91 Å². The predicted octanol–water partition coefficient (Wildman–Crippen LogP) is 4.14. The molecule has 1 fully saturated rings. The maximum atomic E-state index is 13.5. The largest absolute Gasteiger partial charge is 0.273 e. The number of amides is 2. The lowest BCUT2D eigenvalue weighted by Crippen LogP contribution is -2.39. The summed E-state index contributed by atoms with van der Waals surface area (Å²) >= 11 is 3.37. The quantitative estimate of drug-likeness (QED) is 0.311. The molecular formula is C23H15BrN4O4. The van der Waals surface area contributed by atoms with Crippen molar-refractivity contribution in [2.45, 2.75) is 6.04 Å². The van der Waals surface area contributed by atoms with E-state index in [0.29, 0.717) is 22.6 Å². The number of benzene rings is 3. The maximum absolute atomic E-state index is 13.5. The summed E-state index contributed by atoms with van der Waals surface area (Å²) in [6, 6.07) is 21.1. The number of non-ortho nitro benzene ring substituents is 1. The van der Waals surface area contributed by atoms with Crippen LogP contribution in [-0.2, 0) is 9.59 Å². The number of halogens is 1. The molecule has 5 rings (SSSR count). The molecule has 0 aromatic heterocycles. The van der Waals surface area contributed by atoms with Gasteiger partial charge >= 0.3 is 0 Å². The van der Waals surface area contributed by atoms with E-state index >= 15 is 0 Å². The van der Waals surface area contributed by atoms with Crippen LogP contribution >= 0.6 is 15.9 Å². The van der Waals surface area contributed by atoms with Crippen LogP contribution in [0.25, 0.3) is 0 Å². The third-order valence-corrected chi connectivity index (χ3v) is 6.06. The van der Waals surface area contributed by atoms with E-state index in [2.05, 4.69) is 21.0 Å². The van der Waals surface area contributed by atoms with Gasteiger partial charge in [0.05, 0.1) is 22.0 Å². The van der Waals surface area contributed by atoms with Crippen molar-refractivity contribution < 1.29 is 14.5 Å². The van der Waals surface area contributed by atoms with Crippen LogP contribution in [0.3, 0.4) is 0 Å². The summed E-state index contributed by atoms with van der Waals surface area (Å²) in [5.74, 6) is -1.57. The zero-order chi connectivity index (χ0) is 22.4. The molecule has 32 heavy (non-hydrogen) atoms. The number of nitro groups is 1. The van der Waals surface area contributed by atoms with Crippen LogP contribution in [0.4, 0.5) is 17.1 Å². The van der Waals surface area contributed by atoms with Gasteiger partial charge in [0.25, 0.3) is 11.6 Å². The topological polar surface area (TPSA) is 96.1 Å². The first-order valence-electron chi connectivity index (χ1n) is 9.76. The van der Waals surface area contributed by atoms with E-state index in [-0.39, 0.29) is 17.5 Å². The van der Waals surface area contributed by atoms with Gasteiger partial charge in [-0.25, -0.2) is 4.90 Å². The number of anilines is 2. The van der Waals surface area contributed by atoms with Gasteiger partial charge < -0.3 is 0 Å². The fraction of sp³-hybridized carbons (Fsp3) is 0.0870. The first-order chi connectivity index (χ1) is 15.5. The molecule has 2 heterocycles. The Morgan fingerprint density at radius 1 is 0.844 bits per heavy atom. The Labute approximate surface area is 191 Å². The highest BCUT2D eigenvalue weighted by Crippen LogP contribution is 2.39. The van der Waals surface area contributed by atoms with E-state index in [9.17, 15) is 19.7 Å². The molecule has 0 spiro atoms. The molecular weight excluding hydrogens is 476 g/mol. The van der Waals surface area contributed by atoms with Gasteiger partial charge in [-0.3, -0.25) is 24.7 Å². The molecule has 0 saturated carbocycles. The maximum Gasteiger partial charge on any atom is 0.269 e. The zero-order valence-electron chi connectivity index (χ0n) is 16.5. The molecule has 0 radical (unpaired) electrons. The minimum Gasteiger partial charge on any atom is -0.273 e. The minimum atomic E-state index is -0.835. The third kappa shape index (κ3) is 3.18. The molecule has 0 bridgehead atoms. The summed E-state index contributed by atoms with van der Waals surface area (Å²) in [5.41, 5.74) is 2.07. The second kappa shape index (κ2) is 7.69. The molecule has 2 aliphatic rings. The summed E-state index contributed by atoms with van der Waals surface area (Å²) in [7, 11) is 0. The number of para-hydroxylation sites is 1. The van der Waals surface area contributed by atoms with Crippen molar-refractivity contribution in [1.82, 2.24) is 0 Å². The number of carbonyl (C=O) groups excluding carboxylic acids is 2. The normalized spacial score (nSPS) is 19.8. The highest BCUT2D eigenvalue weighted by atomic mass is 79.9. The van der Waals surface area contributed by atoms with Crippen LogP contribution in [0.2, 0.25) is 0 Å². The van der Waals surface area contributed by atoms with Crippen molar-refractivity contribution in [3.63, 3.8) is 0 Å². The van der Waals surface area contributed by atoms with Gasteiger partial charge in [0.1, 0.15) is 12.0 Å². The van der Waals surface area contributed by atoms with Crippen LogP contribution in [0.15, 0.2) is 88.4 Å². The number of fused-ring (bicyclic) bond motifs is 1. The smallest absolute Gasteiger partial charge is 0.269 e. The van der Waals surface area contributed by atoms with Crippen LogP contribution < -0.4 is 9.91 Å². The van der Waals surface area contributed by atoms with E-state index in [1.165, 1.54) is 17.0 Å². The van der Waals surface area contributed by atoms with Crippen molar-refractivity contribution in [2.24, 2.45) is 11.0 Å². The van der Waals surface area contributed by atoms with Gasteiger partial charge in [0, 0.05) is 16.6 Å². The summed E-state index contributed by atoms with van der Waals surface area (Å²) in [6.45, 7) is 0. The first kappa shape index (κ1) is 20.1. The van der Waals surface area contributed by atoms with Gasteiger partial charge in [-0.05, 0) is 54.1 Å². The molecule has 9 heteroatoms. The third-order valence-electron chi connectivity index (χ3n) is 5.53. The van der Waals surface area contributed by atoms with E-state index in [0.717, 1.165) is 4.47 Å². The van der Waals surface area contributed by atoms with E-state index < -0.39 is 16.9 Å². The molecule has 0 aliphatic carbocycles. The second-order valence-corrected chi connectivity index (χ2v) is 8.30. The predicted molar refractivity (Wildman–Crippen MR) is 122 cm³/mol. The fourth-order valence-corrected chi connectivity index (χ4v) is 4.31. The molecule has 3 aromatic rings. The fourth-order valence-electron chi connectivity index (χ4n) is 4.05. The lowest BCUT2D eigenvalue weighted by molar-refractivity contribution is -0.384. The van der Waals surface area contributed by atoms with E-state index in [4.69, 9.17) is 0 Å². The van der Waals surface area contributed by atoms with Gasteiger partial charge in [-0.2, -0.15) is 5.10 Å². The number of nitro benzene ring substituents is 1. The van der Waals surface area contributed by atoms with Crippen LogP contribution in [0.5, 0.6) is 0 Å². The molecule has 158 valence electrons. The zero-order valence-corrected chi connectivity index (χ0v) is 18.0. The number of imide groups is 1. The molecule has 2 aliphatic heterocycles. The Morgan fingerprint density at radius 3 is 2.12 bits per heavy atom.